The van der Waals surface area contributed by atoms with E-state index in [2.05, 4.69) is 15.2 Å². The second kappa shape index (κ2) is 9.21. The van der Waals surface area contributed by atoms with Crippen LogP contribution >= 0.6 is 0 Å². The van der Waals surface area contributed by atoms with Crippen LogP contribution in [0.25, 0.3) is 11.3 Å². The number of nitrogens with two attached hydrogens (primary N) is 1. The van der Waals surface area contributed by atoms with Crippen LogP contribution in [0.2, 0.25) is 0 Å². The maximum atomic E-state index is 13.5. The topological polar surface area (TPSA) is 101 Å². The number of anilines is 1. The molecule has 0 spiro atoms. The van der Waals surface area contributed by atoms with Gasteiger partial charge in [-0.2, -0.15) is 0 Å². The Morgan fingerprint density at radius 3 is 2.62 bits per heavy atom. The van der Waals surface area contributed by atoms with Crippen molar-refractivity contribution in [3.63, 3.8) is 0 Å². The van der Waals surface area contributed by atoms with E-state index < -0.39 is 5.91 Å². The van der Waals surface area contributed by atoms with Crippen LogP contribution in [-0.2, 0) is 12.8 Å². The number of pyridine rings is 2. The molecule has 2 aromatic heterocycles. The Hall–Kier alpha value is -3.81. The van der Waals surface area contributed by atoms with Gasteiger partial charge in [0.15, 0.2) is 0 Å². The lowest BCUT2D eigenvalue weighted by Crippen LogP contribution is -2.45. The number of nitrogens with one attached hydrogen (secondary N) is 1. The maximum Gasteiger partial charge on any atom is 0.253 e. The van der Waals surface area contributed by atoms with Crippen molar-refractivity contribution >= 4 is 17.6 Å². The van der Waals surface area contributed by atoms with E-state index in [9.17, 15) is 14.0 Å². The third-order valence-corrected chi connectivity index (χ3v) is 6.57. The van der Waals surface area contributed by atoms with Crippen molar-refractivity contribution in [2.24, 2.45) is 5.73 Å². The number of primary amides is 1. The number of nitrogens with zero attached hydrogens (tertiary/aromatic N) is 3. The molecule has 1 aliphatic heterocycles. The number of aryl methyl sites for hydroxylation is 2. The standard InChI is InChI=1S/C26H26FN5O2/c27-19-5-1-3-16(13-19)22-8-7-18(15-29-22)26(34)30-20-9-11-32(12-10-20)25-21(24(28)33)14-17-4-2-6-23(17)31-25/h1,3,5,7-8,13-15,20H,2,4,6,9-12H2,(H2,28,33)(H,30,34). The molecule has 7 nitrogen and oxygen atoms in total. The molecule has 0 atom stereocenters. The van der Waals surface area contributed by atoms with Crippen LogP contribution in [0.15, 0.2) is 48.7 Å². The molecule has 0 unspecified atom stereocenters. The van der Waals surface area contributed by atoms with Crippen LogP contribution in [-0.4, -0.2) is 40.9 Å². The lowest BCUT2D eigenvalue weighted by Gasteiger charge is -2.34. The number of piperidine rings is 1. The number of hydrogen-bond acceptors (Lipinski definition) is 5. The normalized spacial score (nSPS) is 15.7. The average Bonchev–Trinajstić information content (AvgIpc) is 3.31. The fraction of sp³-hybridized carbons (Fsp3) is 0.308. The fourth-order valence-electron chi connectivity index (χ4n) is 4.73. The Balaban J connectivity index is 1.21. The van der Waals surface area contributed by atoms with Crippen LogP contribution in [0.1, 0.15) is 51.2 Å². The summed E-state index contributed by atoms with van der Waals surface area (Å²) >= 11 is 0. The van der Waals surface area contributed by atoms with Crippen molar-refractivity contribution in [2.45, 2.75) is 38.1 Å². The van der Waals surface area contributed by atoms with Gasteiger partial charge in [-0.15, -0.1) is 0 Å². The van der Waals surface area contributed by atoms with Gasteiger partial charge in [-0.3, -0.25) is 14.6 Å². The van der Waals surface area contributed by atoms with E-state index in [-0.39, 0.29) is 17.8 Å². The Bertz CT molecular complexity index is 1240. The Labute approximate surface area is 197 Å². The summed E-state index contributed by atoms with van der Waals surface area (Å²) < 4.78 is 13.5. The van der Waals surface area contributed by atoms with E-state index in [0.29, 0.717) is 41.3 Å². The van der Waals surface area contributed by atoms with Crippen LogP contribution < -0.4 is 16.0 Å². The maximum absolute atomic E-state index is 13.5. The fourth-order valence-corrected chi connectivity index (χ4v) is 4.73. The molecule has 1 saturated heterocycles. The molecule has 3 heterocycles. The highest BCUT2D eigenvalue weighted by Gasteiger charge is 2.27. The summed E-state index contributed by atoms with van der Waals surface area (Å²) in [5.41, 5.74) is 10.0. The number of benzene rings is 1. The van der Waals surface area contributed by atoms with Gasteiger partial charge in [0.1, 0.15) is 11.6 Å². The van der Waals surface area contributed by atoms with Crippen LogP contribution in [0.3, 0.4) is 0 Å². The molecule has 0 saturated carbocycles. The number of carbonyl (C=O) groups excluding carboxylic acids is 2. The summed E-state index contributed by atoms with van der Waals surface area (Å²) in [4.78, 5) is 36.0. The molecule has 0 radical (unpaired) electrons. The van der Waals surface area contributed by atoms with E-state index in [0.717, 1.165) is 43.4 Å². The zero-order valence-corrected chi connectivity index (χ0v) is 18.8. The van der Waals surface area contributed by atoms with Crippen molar-refractivity contribution < 1.29 is 14.0 Å². The van der Waals surface area contributed by atoms with Crippen LogP contribution in [0.4, 0.5) is 10.2 Å². The van der Waals surface area contributed by atoms with Gasteiger partial charge in [-0.1, -0.05) is 12.1 Å². The molecule has 3 aromatic rings. The highest BCUT2D eigenvalue weighted by atomic mass is 19.1. The summed E-state index contributed by atoms with van der Waals surface area (Å²) in [6, 6.07) is 11.5. The van der Waals surface area contributed by atoms with Gasteiger partial charge >= 0.3 is 0 Å². The van der Waals surface area contributed by atoms with Crippen LogP contribution in [0, 0.1) is 5.82 Å². The Morgan fingerprint density at radius 2 is 1.91 bits per heavy atom. The molecule has 0 bridgehead atoms. The molecule has 1 fully saturated rings. The van der Waals surface area contributed by atoms with Gasteiger partial charge in [-0.25, -0.2) is 9.37 Å². The quantitative estimate of drug-likeness (QED) is 0.610. The zero-order valence-electron chi connectivity index (χ0n) is 18.8. The molecular formula is C26H26FN5O2. The summed E-state index contributed by atoms with van der Waals surface area (Å²) in [5.74, 6) is -0.312. The minimum atomic E-state index is -0.457. The van der Waals surface area contributed by atoms with E-state index in [1.165, 1.54) is 18.3 Å². The molecule has 2 aliphatic rings. The minimum Gasteiger partial charge on any atom is -0.365 e. The summed E-state index contributed by atoms with van der Waals surface area (Å²) in [6.07, 6.45) is 5.90. The number of aromatic nitrogens is 2. The lowest BCUT2D eigenvalue weighted by atomic mass is 10.0. The minimum absolute atomic E-state index is 0.0121. The van der Waals surface area contributed by atoms with E-state index in [4.69, 9.17) is 10.7 Å². The summed E-state index contributed by atoms with van der Waals surface area (Å²) in [7, 11) is 0. The summed E-state index contributed by atoms with van der Waals surface area (Å²) in [6.45, 7) is 1.35. The SMILES string of the molecule is NC(=O)c1cc2c(nc1N1CCC(NC(=O)c3ccc(-c4cccc(F)c4)nc3)CC1)CCC2. The molecule has 34 heavy (non-hydrogen) atoms. The van der Waals surface area contributed by atoms with E-state index in [1.54, 1.807) is 24.3 Å². The number of fused-ring (bicyclic) bond motifs is 1. The Morgan fingerprint density at radius 1 is 1.09 bits per heavy atom. The van der Waals surface area contributed by atoms with Gasteiger partial charge in [0.2, 0.25) is 0 Å². The summed E-state index contributed by atoms with van der Waals surface area (Å²) in [5, 5.41) is 3.08. The van der Waals surface area contributed by atoms with Gasteiger partial charge in [0, 0.05) is 36.6 Å². The molecule has 2 amide bonds. The molecule has 1 aliphatic carbocycles. The first-order valence-electron chi connectivity index (χ1n) is 11.6. The second-order valence-electron chi connectivity index (χ2n) is 8.86. The highest BCUT2D eigenvalue weighted by molar-refractivity contribution is 5.98. The van der Waals surface area contributed by atoms with Gasteiger partial charge in [0.05, 0.1) is 16.8 Å². The molecule has 8 heteroatoms. The van der Waals surface area contributed by atoms with E-state index >= 15 is 0 Å². The van der Waals surface area contributed by atoms with Crippen molar-refractivity contribution in [3.05, 3.63) is 76.9 Å². The number of amides is 2. The molecule has 3 N–H and O–H groups in total. The second-order valence-corrected chi connectivity index (χ2v) is 8.86. The third kappa shape index (κ3) is 4.48. The third-order valence-electron chi connectivity index (χ3n) is 6.57. The largest absolute Gasteiger partial charge is 0.365 e. The predicted octanol–water partition coefficient (Wildman–Crippen LogP) is 3.27. The van der Waals surface area contributed by atoms with Crippen molar-refractivity contribution in [1.29, 1.82) is 0 Å². The first-order chi connectivity index (χ1) is 16.5. The van der Waals surface area contributed by atoms with Crippen molar-refractivity contribution in [2.75, 3.05) is 18.0 Å². The molecule has 5 rings (SSSR count). The molecular weight excluding hydrogens is 433 g/mol. The number of rotatable bonds is 5. The monoisotopic (exact) mass is 459 g/mol. The van der Waals surface area contributed by atoms with Crippen LogP contribution in [0.5, 0.6) is 0 Å². The zero-order chi connectivity index (χ0) is 23.7. The van der Waals surface area contributed by atoms with Gasteiger partial charge in [0.25, 0.3) is 11.8 Å². The van der Waals surface area contributed by atoms with E-state index in [1.807, 2.05) is 6.07 Å². The smallest absolute Gasteiger partial charge is 0.253 e. The van der Waals surface area contributed by atoms with Crippen molar-refractivity contribution in [3.8, 4) is 11.3 Å². The first-order valence-corrected chi connectivity index (χ1v) is 11.6. The number of hydrogen-bond donors (Lipinski definition) is 2. The van der Waals surface area contributed by atoms with Gasteiger partial charge in [-0.05, 0) is 68.0 Å². The van der Waals surface area contributed by atoms with Crippen molar-refractivity contribution in [1.82, 2.24) is 15.3 Å². The molecule has 174 valence electrons. The van der Waals surface area contributed by atoms with Gasteiger partial charge < -0.3 is 16.0 Å². The first kappa shape index (κ1) is 22.0. The predicted molar refractivity (Wildman–Crippen MR) is 127 cm³/mol. The number of halogens is 1. The average molecular weight is 460 g/mol. The lowest BCUT2D eigenvalue weighted by molar-refractivity contribution is 0.0930. The highest BCUT2D eigenvalue weighted by Crippen LogP contribution is 2.29. The number of carbonyl (C=O) groups is 2. The molecule has 1 aromatic carbocycles. The Kier molecular flexibility index (Phi) is 5.96.